The van der Waals surface area contributed by atoms with E-state index in [1.165, 1.54) is 5.56 Å². The summed E-state index contributed by atoms with van der Waals surface area (Å²) in [4.78, 5) is 0. The van der Waals surface area contributed by atoms with Crippen molar-refractivity contribution in [2.45, 2.75) is 13.5 Å². The van der Waals surface area contributed by atoms with Crippen molar-refractivity contribution in [1.82, 2.24) is 0 Å². The number of hydrogen-bond acceptors (Lipinski definition) is 3. The summed E-state index contributed by atoms with van der Waals surface area (Å²) >= 11 is 3.52. The van der Waals surface area contributed by atoms with Gasteiger partial charge in [-0.05, 0) is 42.3 Å². The van der Waals surface area contributed by atoms with Crippen LogP contribution in [0, 0.1) is 18.3 Å². The molecule has 0 spiro atoms. The van der Waals surface area contributed by atoms with E-state index in [1.807, 2.05) is 42.5 Å². The molecule has 0 aliphatic heterocycles. The Hall–Kier alpha value is -1.99. The first-order valence-electron chi connectivity index (χ1n) is 6.28. The van der Waals surface area contributed by atoms with Crippen molar-refractivity contribution < 1.29 is 4.74 Å². The Morgan fingerprint density at radius 1 is 1.20 bits per heavy atom. The molecule has 2 aromatic rings. The van der Waals surface area contributed by atoms with E-state index in [9.17, 15) is 0 Å². The van der Waals surface area contributed by atoms with E-state index in [0.29, 0.717) is 5.75 Å². The number of ether oxygens (including phenoxy) is 1. The molecule has 1 N–H and O–H groups in total. The Balaban J connectivity index is 1.97. The number of benzene rings is 2. The predicted molar refractivity (Wildman–Crippen MR) is 83.8 cm³/mol. The standard InChI is InChI=1S/C16H15BrN2O/c1-12-15(17)3-2-4-16(12)19-11-13-5-7-14(8-6-13)20-10-9-18/h2-8,19H,10-11H2,1H3. The maximum Gasteiger partial charge on any atom is 0.174 e. The lowest BCUT2D eigenvalue weighted by molar-refractivity contribution is 0.368. The van der Waals surface area contributed by atoms with Gasteiger partial charge in [0.05, 0.1) is 0 Å². The van der Waals surface area contributed by atoms with Crippen molar-refractivity contribution >= 4 is 21.6 Å². The van der Waals surface area contributed by atoms with E-state index >= 15 is 0 Å². The number of anilines is 1. The maximum atomic E-state index is 8.45. The molecule has 102 valence electrons. The first kappa shape index (κ1) is 14.4. The molecule has 0 bridgehead atoms. The van der Waals surface area contributed by atoms with Gasteiger partial charge in [-0.2, -0.15) is 5.26 Å². The molecule has 0 aliphatic carbocycles. The molecule has 3 nitrogen and oxygen atoms in total. The highest BCUT2D eigenvalue weighted by molar-refractivity contribution is 9.10. The van der Waals surface area contributed by atoms with Gasteiger partial charge in [0.2, 0.25) is 0 Å². The van der Waals surface area contributed by atoms with Crippen LogP contribution in [0.15, 0.2) is 46.9 Å². The minimum Gasteiger partial charge on any atom is -0.479 e. The predicted octanol–water partition coefficient (Wildman–Crippen LogP) is 4.27. The van der Waals surface area contributed by atoms with Gasteiger partial charge in [-0.1, -0.05) is 34.1 Å². The molecule has 4 heteroatoms. The van der Waals surface area contributed by atoms with E-state index in [4.69, 9.17) is 10.00 Å². The summed E-state index contributed by atoms with van der Waals surface area (Å²) in [5, 5.41) is 11.9. The van der Waals surface area contributed by atoms with Gasteiger partial charge in [0.15, 0.2) is 6.61 Å². The zero-order valence-corrected chi connectivity index (χ0v) is 12.8. The number of nitriles is 1. The number of halogens is 1. The van der Waals surface area contributed by atoms with Crippen LogP contribution in [0.5, 0.6) is 5.75 Å². The molecular formula is C16H15BrN2O. The largest absolute Gasteiger partial charge is 0.479 e. The first-order chi connectivity index (χ1) is 9.70. The van der Waals surface area contributed by atoms with Crippen molar-refractivity contribution in [3.05, 3.63) is 58.1 Å². The van der Waals surface area contributed by atoms with Crippen molar-refractivity contribution in [3.8, 4) is 11.8 Å². The number of nitrogens with one attached hydrogen (secondary N) is 1. The zero-order chi connectivity index (χ0) is 14.4. The van der Waals surface area contributed by atoms with Crippen LogP contribution in [0.2, 0.25) is 0 Å². The fourth-order valence-electron chi connectivity index (χ4n) is 1.82. The average molecular weight is 331 g/mol. The third-order valence-electron chi connectivity index (χ3n) is 2.98. The van der Waals surface area contributed by atoms with Gasteiger partial charge in [0.1, 0.15) is 11.8 Å². The topological polar surface area (TPSA) is 45.0 Å². The molecule has 0 heterocycles. The van der Waals surface area contributed by atoms with Crippen LogP contribution >= 0.6 is 15.9 Å². The van der Waals surface area contributed by atoms with Crippen LogP contribution in [-0.2, 0) is 6.54 Å². The maximum absolute atomic E-state index is 8.45. The molecule has 20 heavy (non-hydrogen) atoms. The third-order valence-corrected chi connectivity index (χ3v) is 3.84. The van der Waals surface area contributed by atoms with Crippen LogP contribution < -0.4 is 10.1 Å². The molecule has 0 unspecified atom stereocenters. The average Bonchev–Trinajstić information content (AvgIpc) is 2.48. The number of nitrogens with zero attached hydrogens (tertiary/aromatic N) is 1. The van der Waals surface area contributed by atoms with Crippen molar-refractivity contribution in [3.63, 3.8) is 0 Å². The summed E-state index contributed by atoms with van der Waals surface area (Å²) < 4.78 is 6.32. The van der Waals surface area contributed by atoms with Gasteiger partial charge >= 0.3 is 0 Å². The molecule has 2 aromatic carbocycles. The van der Waals surface area contributed by atoms with E-state index in [1.54, 1.807) is 0 Å². The normalized spacial score (nSPS) is 9.85. The Bertz CT molecular complexity index is 617. The SMILES string of the molecule is Cc1c(Br)cccc1NCc1ccc(OCC#N)cc1. The van der Waals surface area contributed by atoms with Crippen LogP contribution in [0.25, 0.3) is 0 Å². The molecular weight excluding hydrogens is 316 g/mol. The van der Waals surface area contributed by atoms with Crippen LogP contribution in [0.3, 0.4) is 0 Å². The highest BCUT2D eigenvalue weighted by Gasteiger charge is 2.01. The van der Waals surface area contributed by atoms with Gasteiger partial charge in [-0.25, -0.2) is 0 Å². The molecule has 0 fully saturated rings. The smallest absolute Gasteiger partial charge is 0.174 e. The third kappa shape index (κ3) is 3.75. The van der Waals surface area contributed by atoms with Crippen molar-refractivity contribution in [1.29, 1.82) is 5.26 Å². The highest BCUT2D eigenvalue weighted by atomic mass is 79.9. The summed E-state index contributed by atoms with van der Waals surface area (Å²) in [6, 6.07) is 15.8. The van der Waals surface area contributed by atoms with Crippen LogP contribution in [0.4, 0.5) is 5.69 Å². The molecule has 0 amide bonds. The monoisotopic (exact) mass is 330 g/mol. The van der Waals surface area contributed by atoms with Crippen molar-refractivity contribution in [2.75, 3.05) is 11.9 Å². The minimum atomic E-state index is 0.0782. The van der Waals surface area contributed by atoms with Crippen molar-refractivity contribution in [2.24, 2.45) is 0 Å². The summed E-state index contributed by atoms with van der Waals surface area (Å²) in [7, 11) is 0. The minimum absolute atomic E-state index is 0.0782. The molecule has 2 rings (SSSR count). The van der Waals surface area contributed by atoms with E-state index in [0.717, 1.165) is 22.3 Å². The summed E-state index contributed by atoms with van der Waals surface area (Å²) in [5.41, 5.74) is 3.47. The lowest BCUT2D eigenvalue weighted by atomic mass is 10.1. The fraction of sp³-hybridized carbons (Fsp3) is 0.188. The number of hydrogen-bond donors (Lipinski definition) is 1. The van der Waals surface area contributed by atoms with E-state index in [2.05, 4.69) is 34.2 Å². The summed E-state index contributed by atoms with van der Waals surface area (Å²) in [6.07, 6.45) is 0. The molecule has 0 atom stereocenters. The van der Waals surface area contributed by atoms with E-state index in [-0.39, 0.29) is 6.61 Å². The van der Waals surface area contributed by atoms with Crippen LogP contribution in [0.1, 0.15) is 11.1 Å². The van der Waals surface area contributed by atoms with E-state index < -0.39 is 0 Å². The Morgan fingerprint density at radius 2 is 1.95 bits per heavy atom. The fourth-order valence-corrected chi connectivity index (χ4v) is 2.18. The molecule has 0 aliphatic rings. The molecule has 0 saturated heterocycles. The van der Waals surface area contributed by atoms with Gasteiger partial charge in [0, 0.05) is 16.7 Å². The Labute approximate surface area is 127 Å². The number of rotatable bonds is 5. The second-order valence-electron chi connectivity index (χ2n) is 4.36. The van der Waals surface area contributed by atoms with Gasteiger partial charge in [-0.15, -0.1) is 0 Å². The molecule has 0 saturated carbocycles. The first-order valence-corrected chi connectivity index (χ1v) is 7.07. The second-order valence-corrected chi connectivity index (χ2v) is 5.21. The van der Waals surface area contributed by atoms with Crippen LogP contribution in [-0.4, -0.2) is 6.61 Å². The highest BCUT2D eigenvalue weighted by Crippen LogP contribution is 2.24. The zero-order valence-electron chi connectivity index (χ0n) is 11.2. The Morgan fingerprint density at radius 3 is 2.65 bits per heavy atom. The lowest BCUT2D eigenvalue weighted by Crippen LogP contribution is -2.01. The second kappa shape index (κ2) is 6.97. The molecule has 0 radical (unpaired) electrons. The van der Waals surface area contributed by atoms with Gasteiger partial charge < -0.3 is 10.1 Å². The summed E-state index contributed by atoms with van der Waals surface area (Å²) in [6.45, 7) is 2.90. The van der Waals surface area contributed by atoms with Gasteiger partial charge in [-0.3, -0.25) is 0 Å². The van der Waals surface area contributed by atoms with Gasteiger partial charge in [0.25, 0.3) is 0 Å². The summed E-state index contributed by atoms with van der Waals surface area (Å²) in [5.74, 6) is 0.717. The lowest BCUT2D eigenvalue weighted by Gasteiger charge is -2.11. The Kier molecular flexibility index (Phi) is 5.03. The molecule has 0 aromatic heterocycles. The quantitative estimate of drug-likeness (QED) is 0.890.